The molecule has 3 heterocycles. The zero-order chi connectivity index (χ0) is 17.2. The highest BCUT2D eigenvalue weighted by atomic mass is 16.2. The second kappa shape index (κ2) is 6.96. The van der Waals surface area contributed by atoms with Crippen LogP contribution in [0.5, 0.6) is 0 Å². The minimum atomic E-state index is -0.0836. The van der Waals surface area contributed by atoms with Gasteiger partial charge in [-0.25, -0.2) is 4.98 Å². The number of fused-ring (bicyclic) bond motifs is 1. The quantitative estimate of drug-likeness (QED) is 0.924. The number of piperidine rings is 1. The van der Waals surface area contributed by atoms with Gasteiger partial charge in [0, 0.05) is 19.0 Å². The fourth-order valence-corrected chi connectivity index (χ4v) is 3.96. The molecule has 6 nitrogen and oxygen atoms in total. The Kier molecular flexibility index (Phi) is 4.53. The Morgan fingerprint density at radius 2 is 1.84 bits per heavy atom. The maximum absolute atomic E-state index is 12.5. The number of nitrogens with one attached hydrogen (secondary N) is 1. The van der Waals surface area contributed by atoms with Crippen molar-refractivity contribution in [3.63, 3.8) is 0 Å². The highest BCUT2D eigenvalue weighted by molar-refractivity contribution is 5.79. The van der Waals surface area contributed by atoms with Gasteiger partial charge in [0.25, 0.3) is 5.56 Å². The first kappa shape index (κ1) is 16.3. The molecule has 2 saturated heterocycles. The average molecular weight is 340 g/mol. The van der Waals surface area contributed by atoms with E-state index in [1.54, 1.807) is 6.07 Å². The molecule has 6 heteroatoms. The number of benzene rings is 1. The summed E-state index contributed by atoms with van der Waals surface area (Å²) in [5.74, 6) is 1.21. The third-order valence-corrected chi connectivity index (χ3v) is 5.39. The number of hydrogen-bond donors (Lipinski definition) is 1. The van der Waals surface area contributed by atoms with Crippen molar-refractivity contribution in [1.82, 2.24) is 19.8 Å². The van der Waals surface area contributed by atoms with Gasteiger partial charge in [0.1, 0.15) is 5.82 Å². The van der Waals surface area contributed by atoms with Crippen LogP contribution in [0.15, 0.2) is 29.1 Å². The van der Waals surface area contributed by atoms with E-state index in [1.165, 1.54) is 0 Å². The van der Waals surface area contributed by atoms with Gasteiger partial charge in [-0.3, -0.25) is 14.5 Å². The minimum absolute atomic E-state index is 0.0836. The Balaban J connectivity index is 1.38. The van der Waals surface area contributed by atoms with E-state index >= 15 is 0 Å². The summed E-state index contributed by atoms with van der Waals surface area (Å²) in [5, 5.41) is 0.626. The maximum Gasteiger partial charge on any atom is 0.258 e. The van der Waals surface area contributed by atoms with Gasteiger partial charge in [0.2, 0.25) is 5.91 Å². The molecule has 2 aliphatic rings. The summed E-state index contributed by atoms with van der Waals surface area (Å²) in [6, 6.07) is 7.41. The third-order valence-electron chi connectivity index (χ3n) is 5.39. The molecular weight excluding hydrogens is 316 g/mol. The molecule has 0 bridgehead atoms. The number of carbonyl (C=O) groups is 1. The van der Waals surface area contributed by atoms with Crippen LogP contribution in [0.3, 0.4) is 0 Å². The lowest BCUT2D eigenvalue weighted by molar-refractivity contribution is -0.136. The second-order valence-corrected chi connectivity index (χ2v) is 7.11. The van der Waals surface area contributed by atoms with Crippen molar-refractivity contribution in [3.8, 4) is 0 Å². The van der Waals surface area contributed by atoms with E-state index in [1.807, 2.05) is 23.1 Å². The standard InChI is InChI=1S/C19H24N4O2/c24-18-15-5-1-2-6-16(15)20-17(21-18)13-22-11-7-14(8-12-22)19(25)23-9-3-4-10-23/h1-2,5-6,14H,3-4,7-13H2,(H,20,21,24). The van der Waals surface area contributed by atoms with Crippen LogP contribution >= 0.6 is 0 Å². The topological polar surface area (TPSA) is 69.3 Å². The number of rotatable bonds is 3. The van der Waals surface area contributed by atoms with Crippen molar-refractivity contribution < 1.29 is 4.79 Å². The van der Waals surface area contributed by atoms with Crippen LogP contribution in [0.1, 0.15) is 31.5 Å². The number of carbonyl (C=O) groups excluding carboxylic acids is 1. The number of aromatic amines is 1. The molecular formula is C19H24N4O2. The van der Waals surface area contributed by atoms with Gasteiger partial charge in [-0.2, -0.15) is 0 Å². The van der Waals surface area contributed by atoms with E-state index in [9.17, 15) is 9.59 Å². The summed E-state index contributed by atoms with van der Waals surface area (Å²) in [6.07, 6.45) is 4.08. The number of aromatic nitrogens is 2. The third kappa shape index (κ3) is 3.44. The Labute approximate surface area is 146 Å². The van der Waals surface area contributed by atoms with Crippen molar-refractivity contribution in [2.45, 2.75) is 32.2 Å². The van der Waals surface area contributed by atoms with Gasteiger partial charge in [-0.1, -0.05) is 12.1 Å². The van der Waals surface area contributed by atoms with Crippen molar-refractivity contribution >= 4 is 16.8 Å². The van der Waals surface area contributed by atoms with Crippen LogP contribution in [0.4, 0.5) is 0 Å². The predicted octanol–water partition coefficient (Wildman–Crippen LogP) is 1.76. The zero-order valence-corrected chi connectivity index (χ0v) is 14.4. The SMILES string of the molecule is O=C(C1CCN(Cc2nc3ccccc3c(=O)[nH]2)CC1)N1CCCC1. The fraction of sp³-hybridized carbons (Fsp3) is 0.526. The monoisotopic (exact) mass is 340 g/mol. The van der Waals surface area contributed by atoms with Crippen molar-refractivity contribution in [1.29, 1.82) is 0 Å². The second-order valence-electron chi connectivity index (χ2n) is 7.11. The number of H-pyrrole nitrogens is 1. The van der Waals surface area contributed by atoms with E-state index in [2.05, 4.69) is 14.9 Å². The summed E-state index contributed by atoms with van der Waals surface area (Å²) in [4.78, 5) is 36.4. The van der Waals surface area contributed by atoms with E-state index in [-0.39, 0.29) is 11.5 Å². The van der Waals surface area contributed by atoms with Gasteiger partial charge in [0.05, 0.1) is 17.4 Å². The lowest BCUT2D eigenvalue weighted by atomic mass is 9.95. The normalized spacial score (nSPS) is 19.6. The molecule has 2 aliphatic heterocycles. The Hall–Kier alpha value is -2.21. The molecule has 25 heavy (non-hydrogen) atoms. The highest BCUT2D eigenvalue weighted by Crippen LogP contribution is 2.22. The Bertz CT molecular complexity index is 818. The maximum atomic E-state index is 12.5. The van der Waals surface area contributed by atoms with Crippen molar-refractivity contribution in [2.24, 2.45) is 5.92 Å². The molecule has 0 aliphatic carbocycles. The Morgan fingerprint density at radius 1 is 1.12 bits per heavy atom. The molecule has 0 unspecified atom stereocenters. The molecule has 1 N–H and O–H groups in total. The Morgan fingerprint density at radius 3 is 2.60 bits per heavy atom. The summed E-state index contributed by atoms with van der Waals surface area (Å²) in [5.41, 5.74) is 0.653. The summed E-state index contributed by atoms with van der Waals surface area (Å²) in [7, 11) is 0. The van der Waals surface area contributed by atoms with E-state index in [0.29, 0.717) is 23.7 Å². The zero-order valence-electron chi connectivity index (χ0n) is 14.4. The summed E-state index contributed by atoms with van der Waals surface area (Å²) < 4.78 is 0. The van der Waals surface area contributed by atoms with Crippen LogP contribution in [0, 0.1) is 5.92 Å². The van der Waals surface area contributed by atoms with Gasteiger partial charge in [0.15, 0.2) is 0 Å². The lowest BCUT2D eigenvalue weighted by Gasteiger charge is -2.32. The van der Waals surface area contributed by atoms with Crippen LogP contribution in [0.2, 0.25) is 0 Å². The van der Waals surface area contributed by atoms with Crippen molar-refractivity contribution in [3.05, 3.63) is 40.4 Å². The lowest BCUT2D eigenvalue weighted by Crippen LogP contribution is -2.41. The average Bonchev–Trinajstić information content (AvgIpc) is 3.16. The van der Waals surface area contributed by atoms with Crippen molar-refractivity contribution in [2.75, 3.05) is 26.2 Å². The molecule has 2 fully saturated rings. The van der Waals surface area contributed by atoms with Gasteiger partial charge in [-0.05, 0) is 50.9 Å². The number of nitrogens with zero attached hydrogens (tertiary/aromatic N) is 3. The smallest absolute Gasteiger partial charge is 0.258 e. The van der Waals surface area contributed by atoms with Crippen LogP contribution in [-0.4, -0.2) is 51.9 Å². The van der Waals surface area contributed by atoms with Gasteiger partial charge < -0.3 is 9.88 Å². The summed E-state index contributed by atoms with van der Waals surface area (Å²) in [6.45, 7) is 4.24. The van der Waals surface area contributed by atoms with E-state index < -0.39 is 0 Å². The van der Waals surface area contributed by atoms with Crippen LogP contribution < -0.4 is 5.56 Å². The highest BCUT2D eigenvalue weighted by Gasteiger charge is 2.29. The predicted molar refractivity (Wildman–Crippen MR) is 96.2 cm³/mol. The van der Waals surface area contributed by atoms with Gasteiger partial charge >= 0.3 is 0 Å². The summed E-state index contributed by atoms with van der Waals surface area (Å²) >= 11 is 0. The first-order valence-corrected chi connectivity index (χ1v) is 9.20. The fourth-order valence-electron chi connectivity index (χ4n) is 3.96. The molecule has 1 aromatic heterocycles. The molecule has 0 atom stereocenters. The number of amides is 1. The molecule has 0 saturated carbocycles. The molecule has 4 rings (SSSR count). The van der Waals surface area contributed by atoms with E-state index in [0.717, 1.165) is 57.4 Å². The van der Waals surface area contributed by atoms with Crippen LogP contribution in [0.25, 0.3) is 10.9 Å². The van der Waals surface area contributed by atoms with Crippen LogP contribution in [-0.2, 0) is 11.3 Å². The first-order valence-electron chi connectivity index (χ1n) is 9.20. The minimum Gasteiger partial charge on any atom is -0.342 e. The molecule has 1 aromatic carbocycles. The largest absolute Gasteiger partial charge is 0.342 e. The first-order chi connectivity index (χ1) is 12.2. The number of para-hydroxylation sites is 1. The molecule has 2 aromatic rings. The number of hydrogen-bond acceptors (Lipinski definition) is 4. The molecule has 1 amide bonds. The van der Waals surface area contributed by atoms with Gasteiger partial charge in [-0.15, -0.1) is 0 Å². The van der Waals surface area contributed by atoms with E-state index in [4.69, 9.17) is 0 Å². The number of likely N-dealkylation sites (tertiary alicyclic amines) is 2. The molecule has 0 spiro atoms. The molecule has 0 radical (unpaired) electrons. The molecule has 132 valence electrons.